The minimum Gasteiger partial charge on any atom is -0.494 e. The van der Waals surface area contributed by atoms with Crippen LogP contribution in [0.3, 0.4) is 0 Å². The van der Waals surface area contributed by atoms with Gasteiger partial charge >= 0.3 is 5.97 Å². The number of methoxy groups -OCH3 is 1. The number of nitrogens with zero attached hydrogens (tertiary/aromatic N) is 3. The van der Waals surface area contributed by atoms with Gasteiger partial charge in [-0.05, 0) is 56.2 Å². The molecule has 5 rings (SSSR count). The maximum absolute atomic E-state index is 13.7. The monoisotopic (exact) mass is 518 g/mol. The first-order chi connectivity index (χ1) is 18.1. The zero-order valence-corrected chi connectivity index (χ0v) is 23.1. The van der Waals surface area contributed by atoms with Crippen LogP contribution >= 0.6 is 0 Å². The van der Waals surface area contributed by atoms with Gasteiger partial charge in [-0.2, -0.15) is 0 Å². The van der Waals surface area contributed by atoms with Crippen molar-refractivity contribution < 1.29 is 19.1 Å². The fraction of sp³-hybridized carbons (Fsp3) is 0.533. The van der Waals surface area contributed by atoms with Crippen LogP contribution in [0.2, 0.25) is 0 Å². The number of carbonyl (C=O) groups is 2. The van der Waals surface area contributed by atoms with Gasteiger partial charge in [-0.25, -0.2) is 9.78 Å². The lowest BCUT2D eigenvalue weighted by molar-refractivity contribution is -0.144. The van der Waals surface area contributed by atoms with Gasteiger partial charge in [0.2, 0.25) is 0 Å². The summed E-state index contributed by atoms with van der Waals surface area (Å²) in [6, 6.07) is 7.48. The van der Waals surface area contributed by atoms with Crippen molar-refractivity contribution in [2.45, 2.75) is 77.3 Å². The van der Waals surface area contributed by atoms with Crippen molar-refractivity contribution >= 4 is 23.3 Å². The fourth-order valence-corrected chi connectivity index (χ4v) is 5.57. The molecule has 202 valence electrons. The standard InChI is InChI=1S/C30H38N4O4/c1-6-38-29(36)23-8-7-13-34(23)24-15-20(14-21(27(24)37-5)30(2,3)4)25(35)17-33-16-19-11-12-22(18-9-10-18)32-26(19)28(33)31/h11-12,14-15,18,23,31H,6-10,13,16-17H2,1-5H3. The first-order valence-electron chi connectivity index (χ1n) is 13.6. The van der Waals surface area contributed by atoms with Gasteiger partial charge in [0.25, 0.3) is 0 Å². The molecule has 3 heterocycles. The Balaban J connectivity index is 1.46. The van der Waals surface area contributed by atoms with Crippen LogP contribution in [0.25, 0.3) is 0 Å². The molecule has 1 atom stereocenters. The third kappa shape index (κ3) is 4.88. The molecule has 1 aromatic carbocycles. The van der Waals surface area contributed by atoms with E-state index in [-0.39, 0.29) is 23.7 Å². The minimum absolute atomic E-state index is 0.0775. The molecule has 0 bridgehead atoms. The van der Waals surface area contributed by atoms with Crippen LogP contribution < -0.4 is 9.64 Å². The number of pyridine rings is 1. The van der Waals surface area contributed by atoms with Gasteiger partial charge < -0.3 is 19.3 Å². The molecule has 1 saturated heterocycles. The third-order valence-electron chi connectivity index (χ3n) is 7.76. The number of fused-ring (bicyclic) bond motifs is 1. The predicted octanol–water partition coefficient (Wildman–Crippen LogP) is 4.82. The fourth-order valence-electron chi connectivity index (χ4n) is 5.57. The van der Waals surface area contributed by atoms with Gasteiger partial charge in [0.1, 0.15) is 23.3 Å². The van der Waals surface area contributed by atoms with E-state index in [1.165, 1.54) is 0 Å². The van der Waals surface area contributed by atoms with Gasteiger partial charge in [0, 0.05) is 41.4 Å². The molecule has 1 N–H and O–H groups in total. The Labute approximate surface area is 224 Å². The van der Waals surface area contributed by atoms with Crippen LogP contribution in [0, 0.1) is 5.41 Å². The van der Waals surface area contributed by atoms with Gasteiger partial charge in [-0.1, -0.05) is 26.8 Å². The van der Waals surface area contributed by atoms with Gasteiger partial charge in [-0.3, -0.25) is 10.2 Å². The number of rotatable bonds is 8. The van der Waals surface area contributed by atoms with E-state index in [0.717, 1.165) is 41.8 Å². The highest BCUT2D eigenvalue weighted by atomic mass is 16.5. The second-order valence-corrected chi connectivity index (χ2v) is 11.6. The second-order valence-electron chi connectivity index (χ2n) is 11.6. The van der Waals surface area contributed by atoms with Crippen LogP contribution in [0.15, 0.2) is 24.3 Å². The lowest BCUT2D eigenvalue weighted by Crippen LogP contribution is -2.38. The maximum atomic E-state index is 13.7. The van der Waals surface area contributed by atoms with E-state index >= 15 is 0 Å². The number of ketones is 1. The molecule has 1 aliphatic carbocycles. The van der Waals surface area contributed by atoms with E-state index in [2.05, 4.69) is 32.9 Å². The summed E-state index contributed by atoms with van der Waals surface area (Å²) < 4.78 is 11.3. The second kappa shape index (κ2) is 10.0. The highest BCUT2D eigenvalue weighted by Crippen LogP contribution is 2.43. The molecule has 1 unspecified atom stereocenters. The third-order valence-corrected chi connectivity index (χ3v) is 7.76. The molecule has 0 radical (unpaired) electrons. The lowest BCUT2D eigenvalue weighted by Gasteiger charge is -2.31. The Kier molecular flexibility index (Phi) is 6.92. The smallest absolute Gasteiger partial charge is 0.328 e. The molecule has 0 spiro atoms. The Morgan fingerprint density at radius 2 is 1.92 bits per heavy atom. The van der Waals surface area contributed by atoms with Crippen molar-refractivity contribution in [3.63, 3.8) is 0 Å². The van der Waals surface area contributed by atoms with Crippen molar-refractivity contribution in [3.8, 4) is 5.75 Å². The molecule has 3 aliphatic rings. The van der Waals surface area contributed by atoms with E-state index in [4.69, 9.17) is 19.9 Å². The Hall–Kier alpha value is -3.42. The number of amidine groups is 1. The van der Waals surface area contributed by atoms with Crippen LogP contribution in [-0.4, -0.2) is 60.3 Å². The number of esters is 1. The van der Waals surface area contributed by atoms with E-state index in [1.54, 1.807) is 12.0 Å². The lowest BCUT2D eigenvalue weighted by atomic mass is 9.84. The summed E-state index contributed by atoms with van der Waals surface area (Å²) in [4.78, 5) is 35.1. The number of carbonyl (C=O) groups excluding carboxylic acids is 2. The number of anilines is 1. The molecule has 2 aliphatic heterocycles. The zero-order valence-electron chi connectivity index (χ0n) is 23.1. The number of hydrogen-bond acceptors (Lipinski definition) is 7. The molecule has 1 aromatic heterocycles. The number of aromatic nitrogens is 1. The highest BCUT2D eigenvalue weighted by molar-refractivity contribution is 6.05. The summed E-state index contributed by atoms with van der Waals surface area (Å²) in [5.41, 5.74) is 4.65. The van der Waals surface area contributed by atoms with Crippen molar-refractivity contribution in [3.05, 3.63) is 52.3 Å². The number of benzene rings is 1. The van der Waals surface area contributed by atoms with Crippen molar-refractivity contribution in [2.75, 3.05) is 31.7 Å². The zero-order chi connectivity index (χ0) is 27.2. The number of ether oxygens (including phenoxy) is 2. The topological polar surface area (TPSA) is 95.8 Å². The summed E-state index contributed by atoms with van der Waals surface area (Å²) in [5, 5.41) is 8.73. The highest BCUT2D eigenvalue weighted by Gasteiger charge is 2.37. The van der Waals surface area contributed by atoms with Gasteiger partial charge in [0.05, 0.1) is 25.9 Å². The first-order valence-corrected chi connectivity index (χ1v) is 13.6. The summed E-state index contributed by atoms with van der Waals surface area (Å²) in [5.74, 6) is 1.18. The Bertz CT molecular complexity index is 1280. The van der Waals surface area contributed by atoms with Crippen LogP contribution in [0.4, 0.5) is 5.69 Å². The number of Topliss-reactive ketones (excluding diaryl/α,β-unsaturated/α-hetero) is 1. The van der Waals surface area contributed by atoms with Crippen LogP contribution in [-0.2, 0) is 21.5 Å². The summed E-state index contributed by atoms with van der Waals surface area (Å²) >= 11 is 0. The minimum atomic E-state index is -0.407. The average Bonchev–Trinajstić information content (AvgIpc) is 3.54. The molecule has 0 amide bonds. The molecule has 8 nitrogen and oxygen atoms in total. The average molecular weight is 519 g/mol. The van der Waals surface area contributed by atoms with Gasteiger partial charge in [-0.15, -0.1) is 0 Å². The van der Waals surface area contributed by atoms with Gasteiger partial charge in [0.15, 0.2) is 5.78 Å². The first kappa shape index (κ1) is 26.2. The summed E-state index contributed by atoms with van der Waals surface area (Å²) in [6.45, 7) is 9.68. The SMILES string of the molecule is CCOC(=O)C1CCCN1c1cc(C(=O)CN2Cc3ccc(C4CC4)nc3C2=N)cc(C(C)(C)C)c1OC. The van der Waals surface area contributed by atoms with E-state index < -0.39 is 6.04 Å². The van der Waals surface area contributed by atoms with E-state index in [9.17, 15) is 9.59 Å². The van der Waals surface area contributed by atoms with Crippen molar-refractivity contribution in [2.24, 2.45) is 0 Å². The van der Waals surface area contributed by atoms with E-state index in [0.29, 0.717) is 54.9 Å². The Morgan fingerprint density at radius 1 is 1.16 bits per heavy atom. The van der Waals surface area contributed by atoms with Crippen molar-refractivity contribution in [1.29, 1.82) is 5.41 Å². The number of hydrogen-bond donors (Lipinski definition) is 1. The quantitative estimate of drug-likeness (QED) is 0.395. The number of nitrogens with one attached hydrogen (secondary N) is 1. The molecule has 2 aromatic rings. The normalized spacial score (nSPS) is 19.1. The molecule has 8 heteroatoms. The molecular formula is C30H38N4O4. The molecule has 38 heavy (non-hydrogen) atoms. The predicted molar refractivity (Wildman–Crippen MR) is 146 cm³/mol. The molecule has 1 saturated carbocycles. The molecular weight excluding hydrogens is 480 g/mol. The van der Waals surface area contributed by atoms with Crippen LogP contribution in [0.5, 0.6) is 5.75 Å². The summed E-state index contributed by atoms with van der Waals surface area (Å²) in [6.07, 6.45) is 3.87. The molecule has 2 fully saturated rings. The van der Waals surface area contributed by atoms with Crippen LogP contribution in [0.1, 0.15) is 92.2 Å². The Morgan fingerprint density at radius 3 is 2.58 bits per heavy atom. The maximum Gasteiger partial charge on any atom is 0.328 e. The largest absolute Gasteiger partial charge is 0.494 e. The van der Waals surface area contributed by atoms with E-state index in [1.807, 2.05) is 24.0 Å². The van der Waals surface area contributed by atoms with Crippen molar-refractivity contribution in [1.82, 2.24) is 9.88 Å². The summed E-state index contributed by atoms with van der Waals surface area (Å²) in [7, 11) is 1.64.